The summed E-state index contributed by atoms with van der Waals surface area (Å²) in [5.41, 5.74) is 3.97. The van der Waals surface area contributed by atoms with Crippen LogP contribution in [0, 0.1) is 0 Å². The Morgan fingerprint density at radius 2 is 1.34 bits per heavy atom. The van der Waals surface area contributed by atoms with Crippen LogP contribution in [-0.2, 0) is 12.0 Å². The van der Waals surface area contributed by atoms with Crippen LogP contribution < -0.4 is 16.0 Å². The fourth-order valence-corrected chi connectivity index (χ4v) is 3.25. The van der Waals surface area contributed by atoms with Crippen molar-refractivity contribution in [3.05, 3.63) is 101 Å². The van der Waals surface area contributed by atoms with Crippen molar-refractivity contribution >= 4 is 34.8 Å². The molecular formula is C26H27N3O2S. The molecule has 0 saturated heterocycles. The van der Waals surface area contributed by atoms with Gasteiger partial charge in [-0.3, -0.25) is 14.9 Å². The first-order chi connectivity index (χ1) is 15.2. The molecule has 164 valence electrons. The Balaban J connectivity index is 1.51. The monoisotopic (exact) mass is 445 g/mol. The van der Waals surface area contributed by atoms with Crippen LogP contribution in [0.1, 0.15) is 52.6 Å². The summed E-state index contributed by atoms with van der Waals surface area (Å²) in [6.45, 7) is 6.84. The molecule has 3 aromatic rings. The topological polar surface area (TPSA) is 70.2 Å². The summed E-state index contributed by atoms with van der Waals surface area (Å²) in [5, 5.41) is 8.73. The lowest BCUT2D eigenvalue weighted by molar-refractivity contribution is 0.0948. The molecule has 0 spiro atoms. The molecule has 0 heterocycles. The van der Waals surface area contributed by atoms with Crippen molar-refractivity contribution in [2.24, 2.45) is 0 Å². The van der Waals surface area contributed by atoms with E-state index in [1.165, 1.54) is 0 Å². The van der Waals surface area contributed by atoms with E-state index in [0.717, 1.165) is 11.1 Å². The second-order valence-electron chi connectivity index (χ2n) is 8.48. The average molecular weight is 446 g/mol. The largest absolute Gasteiger partial charge is 0.348 e. The first-order valence-corrected chi connectivity index (χ1v) is 10.8. The van der Waals surface area contributed by atoms with E-state index in [1.807, 2.05) is 42.5 Å². The van der Waals surface area contributed by atoms with Crippen molar-refractivity contribution in [3.63, 3.8) is 0 Å². The number of nitrogens with one attached hydrogen (secondary N) is 3. The minimum absolute atomic E-state index is 0.0243. The minimum atomic E-state index is -0.278. The smallest absolute Gasteiger partial charge is 0.257 e. The Bertz CT molecular complexity index is 1090. The molecule has 0 saturated carbocycles. The number of rotatable bonds is 5. The maximum atomic E-state index is 12.4. The van der Waals surface area contributed by atoms with Gasteiger partial charge in [0.25, 0.3) is 11.8 Å². The molecule has 0 bridgehead atoms. The van der Waals surface area contributed by atoms with E-state index in [-0.39, 0.29) is 22.3 Å². The molecule has 0 aliphatic carbocycles. The highest BCUT2D eigenvalue weighted by Gasteiger charge is 2.15. The molecule has 5 nitrogen and oxygen atoms in total. The maximum absolute atomic E-state index is 12.4. The Kier molecular flexibility index (Phi) is 7.38. The van der Waals surface area contributed by atoms with E-state index in [4.69, 9.17) is 12.2 Å². The number of thiocarbonyl (C=S) groups is 1. The molecule has 0 unspecified atom stereocenters. The predicted molar refractivity (Wildman–Crippen MR) is 133 cm³/mol. The van der Waals surface area contributed by atoms with E-state index in [0.29, 0.717) is 23.4 Å². The summed E-state index contributed by atoms with van der Waals surface area (Å²) in [4.78, 5) is 24.8. The third kappa shape index (κ3) is 6.49. The van der Waals surface area contributed by atoms with Crippen molar-refractivity contribution in [2.75, 3.05) is 5.32 Å². The number of carbonyl (C=O) groups excluding carboxylic acids is 2. The number of carbonyl (C=O) groups is 2. The molecule has 0 fully saturated rings. The fraction of sp³-hybridized carbons (Fsp3) is 0.192. The summed E-state index contributed by atoms with van der Waals surface area (Å²) < 4.78 is 0. The molecule has 0 radical (unpaired) electrons. The Labute approximate surface area is 194 Å². The summed E-state index contributed by atoms with van der Waals surface area (Å²) in [5.74, 6) is -0.435. The first kappa shape index (κ1) is 23.2. The zero-order valence-electron chi connectivity index (χ0n) is 18.4. The normalized spacial score (nSPS) is 10.8. The van der Waals surface area contributed by atoms with Gasteiger partial charge in [0.05, 0.1) is 0 Å². The number of benzene rings is 3. The molecule has 3 aromatic carbocycles. The number of amides is 2. The predicted octanol–water partition coefficient (Wildman–Crippen LogP) is 5.04. The van der Waals surface area contributed by atoms with Gasteiger partial charge >= 0.3 is 0 Å². The molecule has 0 aliphatic heterocycles. The maximum Gasteiger partial charge on any atom is 0.257 e. The van der Waals surface area contributed by atoms with Crippen LogP contribution in [-0.4, -0.2) is 16.9 Å². The van der Waals surface area contributed by atoms with Gasteiger partial charge in [-0.1, -0.05) is 63.2 Å². The van der Waals surface area contributed by atoms with Gasteiger partial charge in [-0.2, -0.15) is 0 Å². The Morgan fingerprint density at radius 3 is 1.94 bits per heavy atom. The van der Waals surface area contributed by atoms with Gasteiger partial charge in [0, 0.05) is 23.4 Å². The quantitative estimate of drug-likeness (QED) is 0.481. The van der Waals surface area contributed by atoms with Crippen LogP contribution in [0.4, 0.5) is 5.69 Å². The lowest BCUT2D eigenvalue weighted by Crippen LogP contribution is -2.34. The van der Waals surface area contributed by atoms with Crippen molar-refractivity contribution in [2.45, 2.75) is 32.7 Å². The molecule has 32 heavy (non-hydrogen) atoms. The first-order valence-electron chi connectivity index (χ1n) is 10.4. The molecule has 0 atom stereocenters. The Morgan fingerprint density at radius 1 is 0.781 bits per heavy atom. The van der Waals surface area contributed by atoms with Crippen molar-refractivity contribution in [1.29, 1.82) is 0 Å². The molecule has 2 amide bonds. The number of hydrogen-bond acceptors (Lipinski definition) is 3. The summed E-state index contributed by atoms with van der Waals surface area (Å²) in [7, 11) is 0. The van der Waals surface area contributed by atoms with Crippen LogP contribution in [0.25, 0.3) is 0 Å². The standard InChI is InChI=1S/C26H27N3O2S/c1-26(2,3)21-13-9-20(10-14-21)24(31)29-25(32)28-22-15-11-19(12-16-22)23(30)27-17-18-7-5-4-6-8-18/h4-16H,17H2,1-3H3,(H,27,30)(H2,28,29,31,32). The highest BCUT2D eigenvalue weighted by atomic mass is 32.1. The summed E-state index contributed by atoms with van der Waals surface area (Å²) in [6, 6.07) is 24.1. The SMILES string of the molecule is CC(C)(C)c1ccc(C(=O)NC(=S)Nc2ccc(C(=O)NCc3ccccc3)cc2)cc1. The van der Waals surface area contributed by atoms with E-state index < -0.39 is 0 Å². The zero-order chi connectivity index (χ0) is 23.1. The fourth-order valence-electron chi connectivity index (χ4n) is 3.04. The van der Waals surface area contributed by atoms with Crippen molar-refractivity contribution in [1.82, 2.24) is 10.6 Å². The van der Waals surface area contributed by atoms with E-state index in [1.54, 1.807) is 36.4 Å². The third-order valence-corrected chi connectivity index (χ3v) is 5.15. The van der Waals surface area contributed by atoms with Gasteiger partial charge < -0.3 is 10.6 Å². The highest BCUT2D eigenvalue weighted by molar-refractivity contribution is 7.80. The number of hydrogen-bond donors (Lipinski definition) is 3. The van der Waals surface area contributed by atoms with Gasteiger partial charge in [0.1, 0.15) is 0 Å². The van der Waals surface area contributed by atoms with Gasteiger partial charge in [0.15, 0.2) is 5.11 Å². The van der Waals surface area contributed by atoms with Crippen molar-refractivity contribution < 1.29 is 9.59 Å². The third-order valence-electron chi connectivity index (χ3n) is 4.94. The van der Waals surface area contributed by atoms with E-state index >= 15 is 0 Å². The lowest BCUT2D eigenvalue weighted by Gasteiger charge is -2.19. The van der Waals surface area contributed by atoms with Crippen LogP contribution in [0.3, 0.4) is 0 Å². The van der Waals surface area contributed by atoms with E-state index in [2.05, 4.69) is 36.7 Å². The van der Waals surface area contributed by atoms with E-state index in [9.17, 15) is 9.59 Å². The minimum Gasteiger partial charge on any atom is -0.348 e. The number of anilines is 1. The molecule has 3 N–H and O–H groups in total. The molecule has 3 rings (SSSR count). The zero-order valence-corrected chi connectivity index (χ0v) is 19.3. The van der Waals surface area contributed by atoms with Crippen LogP contribution in [0.5, 0.6) is 0 Å². The lowest BCUT2D eigenvalue weighted by atomic mass is 9.87. The summed E-state index contributed by atoms with van der Waals surface area (Å²) >= 11 is 5.26. The summed E-state index contributed by atoms with van der Waals surface area (Å²) in [6.07, 6.45) is 0. The molecular weight excluding hydrogens is 418 g/mol. The van der Waals surface area contributed by atoms with Crippen LogP contribution >= 0.6 is 12.2 Å². The van der Waals surface area contributed by atoms with Crippen LogP contribution in [0.2, 0.25) is 0 Å². The van der Waals surface area contributed by atoms with Gasteiger partial charge in [-0.05, 0) is 65.2 Å². The van der Waals surface area contributed by atoms with Crippen molar-refractivity contribution in [3.8, 4) is 0 Å². The van der Waals surface area contributed by atoms with Gasteiger partial charge in [-0.25, -0.2) is 0 Å². The van der Waals surface area contributed by atoms with Gasteiger partial charge in [-0.15, -0.1) is 0 Å². The molecule has 0 aliphatic rings. The highest BCUT2D eigenvalue weighted by Crippen LogP contribution is 2.22. The molecule has 0 aromatic heterocycles. The average Bonchev–Trinajstić information content (AvgIpc) is 2.78. The second-order valence-corrected chi connectivity index (χ2v) is 8.89. The molecule has 6 heteroatoms. The van der Waals surface area contributed by atoms with Gasteiger partial charge in [0.2, 0.25) is 0 Å². The Hall–Kier alpha value is -3.51. The van der Waals surface area contributed by atoms with Crippen LogP contribution in [0.15, 0.2) is 78.9 Å². The second kappa shape index (κ2) is 10.2.